The van der Waals surface area contributed by atoms with Crippen LogP contribution in [0, 0.1) is 0 Å². The molecule has 0 aliphatic heterocycles. The molecule has 0 amide bonds. The topological polar surface area (TPSA) is 53.1 Å². The average molecular weight is 270 g/mol. The van der Waals surface area contributed by atoms with E-state index in [4.69, 9.17) is 10.5 Å². The number of anilines is 1. The van der Waals surface area contributed by atoms with Crippen molar-refractivity contribution in [1.82, 2.24) is 9.55 Å². The number of ether oxygens (including phenoxy) is 1. The van der Waals surface area contributed by atoms with E-state index in [1.165, 1.54) is 0 Å². The fraction of sp³-hybridized carbons (Fsp3) is 0.300. The van der Waals surface area contributed by atoms with Crippen LogP contribution >= 0.6 is 15.9 Å². The van der Waals surface area contributed by atoms with Crippen LogP contribution in [-0.2, 0) is 11.3 Å². The molecule has 0 saturated heterocycles. The van der Waals surface area contributed by atoms with Crippen LogP contribution in [0.15, 0.2) is 22.7 Å². The highest BCUT2D eigenvalue weighted by Gasteiger charge is 2.09. The second-order valence-electron chi connectivity index (χ2n) is 3.22. The number of para-hydroxylation sites is 1. The van der Waals surface area contributed by atoms with Crippen LogP contribution in [-0.4, -0.2) is 23.3 Å². The Morgan fingerprint density at radius 3 is 3.07 bits per heavy atom. The Bertz CT molecular complexity index is 481. The minimum Gasteiger partial charge on any atom is -0.383 e. The quantitative estimate of drug-likeness (QED) is 0.928. The largest absolute Gasteiger partial charge is 0.383 e. The minimum absolute atomic E-state index is 0.522. The summed E-state index contributed by atoms with van der Waals surface area (Å²) in [7, 11) is 1.67. The van der Waals surface area contributed by atoms with Crippen LogP contribution in [0.5, 0.6) is 0 Å². The first kappa shape index (κ1) is 10.4. The van der Waals surface area contributed by atoms with E-state index in [-0.39, 0.29) is 0 Å². The zero-order valence-electron chi connectivity index (χ0n) is 8.40. The van der Waals surface area contributed by atoms with Gasteiger partial charge >= 0.3 is 0 Å². The van der Waals surface area contributed by atoms with Gasteiger partial charge in [-0.15, -0.1) is 0 Å². The lowest BCUT2D eigenvalue weighted by molar-refractivity contribution is 0.189. The number of benzene rings is 1. The SMILES string of the molecule is COCCn1c(N)nc2cccc(Br)c21. The van der Waals surface area contributed by atoms with Gasteiger partial charge in [-0.1, -0.05) is 6.07 Å². The van der Waals surface area contributed by atoms with Crippen molar-refractivity contribution in [3.05, 3.63) is 22.7 Å². The molecule has 1 aromatic carbocycles. The molecule has 0 aliphatic rings. The lowest BCUT2D eigenvalue weighted by Gasteiger charge is -2.06. The number of methoxy groups -OCH3 is 1. The molecule has 1 aromatic heterocycles. The van der Waals surface area contributed by atoms with Crippen molar-refractivity contribution in [3.63, 3.8) is 0 Å². The maximum Gasteiger partial charge on any atom is 0.201 e. The molecule has 15 heavy (non-hydrogen) atoms. The van der Waals surface area contributed by atoms with Crippen LogP contribution in [0.2, 0.25) is 0 Å². The maximum absolute atomic E-state index is 5.84. The summed E-state index contributed by atoms with van der Waals surface area (Å²) < 4.78 is 7.99. The van der Waals surface area contributed by atoms with Gasteiger partial charge in [0.2, 0.25) is 5.95 Å². The number of fused-ring (bicyclic) bond motifs is 1. The van der Waals surface area contributed by atoms with Gasteiger partial charge in [-0.25, -0.2) is 4.98 Å². The van der Waals surface area contributed by atoms with Gasteiger partial charge in [-0.05, 0) is 28.1 Å². The van der Waals surface area contributed by atoms with Gasteiger partial charge in [-0.2, -0.15) is 0 Å². The molecule has 2 N–H and O–H groups in total. The molecule has 0 unspecified atom stereocenters. The van der Waals surface area contributed by atoms with Gasteiger partial charge in [0.1, 0.15) is 0 Å². The molecule has 1 heterocycles. The molecule has 0 fully saturated rings. The van der Waals surface area contributed by atoms with E-state index in [9.17, 15) is 0 Å². The molecule has 0 aliphatic carbocycles. The van der Waals surface area contributed by atoms with Gasteiger partial charge in [0, 0.05) is 18.1 Å². The molecule has 2 aromatic rings. The Balaban J connectivity index is 2.55. The van der Waals surface area contributed by atoms with Crippen LogP contribution in [0.3, 0.4) is 0 Å². The number of halogens is 1. The summed E-state index contributed by atoms with van der Waals surface area (Å²) in [5, 5.41) is 0. The summed E-state index contributed by atoms with van der Waals surface area (Å²) in [6.45, 7) is 1.33. The van der Waals surface area contributed by atoms with Gasteiger partial charge in [0.05, 0.1) is 17.6 Å². The molecular weight excluding hydrogens is 258 g/mol. The fourth-order valence-corrected chi connectivity index (χ4v) is 2.14. The number of imidazole rings is 1. The van der Waals surface area contributed by atoms with Crippen molar-refractivity contribution < 1.29 is 4.74 Å². The first-order chi connectivity index (χ1) is 7.24. The van der Waals surface area contributed by atoms with Crippen molar-refractivity contribution in [2.45, 2.75) is 6.54 Å². The predicted octanol–water partition coefficient (Wildman–Crippen LogP) is 2.03. The Morgan fingerprint density at radius 1 is 1.53 bits per heavy atom. The summed E-state index contributed by atoms with van der Waals surface area (Å²) in [6, 6.07) is 5.87. The third kappa shape index (κ3) is 1.85. The molecular formula is C10H12BrN3O. The monoisotopic (exact) mass is 269 g/mol. The molecule has 80 valence electrons. The predicted molar refractivity (Wildman–Crippen MR) is 63.7 cm³/mol. The molecule has 0 radical (unpaired) electrons. The summed E-state index contributed by atoms with van der Waals surface area (Å²) in [6.07, 6.45) is 0. The summed E-state index contributed by atoms with van der Waals surface area (Å²) >= 11 is 3.50. The molecule has 0 bridgehead atoms. The third-order valence-corrected chi connectivity index (χ3v) is 2.91. The zero-order valence-corrected chi connectivity index (χ0v) is 9.99. The third-order valence-electron chi connectivity index (χ3n) is 2.27. The van der Waals surface area contributed by atoms with Gasteiger partial charge in [0.25, 0.3) is 0 Å². The number of rotatable bonds is 3. The molecule has 4 nitrogen and oxygen atoms in total. The number of nitrogens with two attached hydrogens (primary N) is 1. The Hall–Kier alpha value is -1.07. The highest BCUT2D eigenvalue weighted by atomic mass is 79.9. The number of nitrogen functional groups attached to an aromatic ring is 1. The Labute approximate surface area is 96.2 Å². The number of aromatic nitrogens is 2. The van der Waals surface area contributed by atoms with Gasteiger partial charge in [-0.3, -0.25) is 0 Å². The van der Waals surface area contributed by atoms with E-state index in [0.717, 1.165) is 15.5 Å². The highest BCUT2D eigenvalue weighted by molar-refractivity contribution is 9.10. The first-order valence-electron chi connectivity index (χ1n) is 4.63. The van der Waals surface area contributed by atoms with Crippen molar-refractivity contribution in [2.24, 2.45) is 0 Å². The van der Waals surface area contributed by atoms with E-state index in [2.05, 4.69) is 20.9 Å². The molecule has 0 spiro atoms. The second-order valence-corrected chi connectivity index (χ2v) is 4.08. The number of hydrogen-bond acceptors (Lipinski definition) is 3. The van der Waals surface area contributed by atoms with Crippen molar-refractivity contribution >= 4 is 32.9 Å². The van der Waals surface area contributed by atoms with Crippen LogP contribution in [0.25, 0.3) is 11.0 Å². The lowest BCUT2D eigenvalue weighted by atomic mass is 10.3. The first-order valence-corrected chi connectivity index (χ1v) is 5.42. The lowest BCUT2D eigenvalue weighted by Crippen LogP contribution is -2.07. The summed E-state index contributed by atoms with van der Waals surface area (Å²) in [4.78, 5) is 4.28. The summed E-state index contributed by atoms with van der Waals surface area (Å²) in [5.74, 6) is 0.522. The van der Waals surface area contributed by atoms with E-state index in [0.29, 0.717) is 19.1 Å². The zero-order chi connectivity index (χ0) is 10.8. The van der Waals surface area contributed by atoms with E-state index >= 15 is 0 Å². The average Bonchev–Trinajstić information content (AvgIpc) is 2.53. The Morgan fingerprint density at radius 2 is 2.33 bits per heavy atom. The summed E-state index contributed by atoms with van der Waals surface area (Å²) in [5.41, 5.74) is 7.76. The normalized spacial score (nSPS) is 11.1. The van der Waals surface area contributed by atoms with Crippen molar-refractivity contribution in [3.8, 4) is 0 Å². The second kappa shape index (κ2) is 4.20. The van der Waals surface area contributed by atoms with Crippen molar-refractivity contribution in [2.75, 3.05) is 19.5 Å². The van der Waals surface area contributed by atoms with E-state index in [1.807, 2.05) is 22.8 Å². The van der Waals surface area contributed by atoms with Crippen molar-refractivity contribution in [1.29, 1.82) is 0 Å². The molecule has 0 saturated carbocycles. The Kier molecular flexibility index (Phi) is 2.93. The van der Waals surface area contributed by atoms with Gasteiger partial charge in [0.15, 0.2) is 0 Å². The highest BCUT2D eigenvalue weighted by Crippen LogP contribution is 2.25. The molecule has 5 heteroatoms. The van der Waals surface area contributed by atoms with Gasteiger partial charge < -0.3 is 15.0 Å². The standard InChI is InChI=1S/C10H12BrN3O/c1-15-6-5-14-9-7(11)3-2-4-8(9)13-10(14)12/h2-4H,5-6H2,1H3,(H2,12,13). The smallest absolute Gasteiger partial charge is 0.201 e. The van der Waals surface area contributed by atoms with Crippen LogP contribution < -0.4 is 5.73 Å². The van der Waals surface area contributed by atoms with E-state index in [1.54, 1.807) is 7.11 Å². The number of hydrogen-bond donors (Lipinski definition) is 1. The molecule has 2 rings (SSSR count). The minimum atomic E-state index is 0.522. The fourth-order valence-electron chi connectivity index (χ4n) is 1.57. The maximum atomic E-state index is 5.84. The van der Waals surface area contributed by atoms with E-state index < -0.39 is 0 Å². The van der Waals surface area contributed by atoms with Crippen LogP contribution in [0.1, 0.15) is 0 Å². The molecule has 0 atom stereocenters. The number of nitrogens with zero attached hydrogens (tertiary/aromatic N) is 2. The van der Waals surface area contributed by atoms with Crippen LogP contribution in [0.4, 0.5) is 5.95 Å².